The van der Waals surface area contributed by atoms with E-state index in [2.05, 4.69) is 0 Å². The van der Waals surface area contributed by atoms with Crippen LogP contribution in [0.3, 0.4) is 0 Å². The van der Waals surface area contributed by atoms with Gasteiger partial charge in [0.25, 0.3) is 5.91 Å². The van der Waals surface area contributed by atoms with Gasteiger partial charge >= 0.3 is 0 Å². The predicted molar refractivity (Wildman–Crippen MR) is 71.2 cm³/mol. The molecule has 3 nitrogen and oxygen atoms in total. The first-order chi connectivity index (χ1) is 9.02. The summed E-state index contributed by atoms with van der Waals surface area (Å²) in [6.45, 7) is 1.46. The van der Waals surface area contributed by atoms with Gasteiger partial charge in [-0.2, -0.15) is 0 Å². The van der Waals surface area contributed by atoms with Crippen molar-refractivity contribution in [1.82, 2.24) is 4.90 Å². The highest BCUT2D eigenvalue weighted by Gasteiger charge is 2.25. The highest BCUT2D eigenvalue weighted by Crippen LogP contribution is 2.20. The van der Waals surface area contributed by atoms with Crippen molar-refractivity contribution in [3.8, 4) is 0 Å². The van der Waals surface area contributed by atoms with Crippen LogP contribution in [0, 0.1) is 23.4 Å². The number of nitrogens with zero attached hydrogens (tertiary/aromatic N) is 1. The molecule has 0 saturated carbocycles. The van der Waals surface area contributed by atoms with Crippen LogP contribution >= 0.6 is 12.4 Å². The lowest BCUT2D eigenvalue weighted by Gasteiger charge is -2.32. The number of amides is 1. The molecule has 2 rings (SSSR count). The molecule has 1 aliphatic heterocycles. The van der Waals surface area contributed by atoms with Crippen molar-refractivity contribution in [3.05, 3.63) is 35.1 Å². The molecule has 7 heteroatoms. The molecule has 1 aromatic rings. The van der Waals surface area contributed by atoms with Crippen LogP contribution in [0.1, 0.15) is 23.2 Å². The van der Waals surface area contributed by atoms with Crippen LogP contribution in [0.2, 0.25) is 0 Å². The van der Waals surface area contributed by atoms with E-state index in [0.717, 1.165) is 25.0 Å². The average molecular weight is 309 g/mol. The maximum Gasteiger partial charge on any atom is 0.254 e. The number of likely N-dealkylation sites (tertiary alicyclic amines) is 1. The van der Waals surface area contributed by atoms with Crippen LogP contribution in [0.4, 0.5) is 13.2 Å². The minimum atomic E-state index is -1.56. The third-order valence-corrected chi connectivity index (χ3v) is 3.37. The minimum Gasteiger partial charge on any atom is -0.338 e. The monoisotopic (exact) mass is 308 g/mol. The van der Waals surface area contributed by atoms with Crippen LogP contribution in [0.25, 0.3) is 0 Å². The Hall–Kier alpha value is -1.27. The van der Waals surface area contributed by atoms with Crippen LogP contribution in [-0.2, 0) is 0 Å². The second-order valence-electron chi connectivity index (χ2n) is 4.75. The summed E-state index contributed by atoms with van der Waals surface area (Å²) >= 11 is 0. The Morgan fingerprint density at radius 3 is 2.45 bits per heavy atom. The molecule has 1 unspecified atom stereocenters. The molecule has 1 atom stereocenters. The molecule has 0 bridgehead atoms. The number of hydrogen-bond donors (Lipinski definition) is 1. The van der Waals surface area contributed by atoms with Gasteiger partial charge in [0.2, 0.25) is 0 Å². The fraction of sp³-hybridized carbons (Fsp3) is 0.462. The van der Waals surface area contributed by atoms with E-state index < -0.39 is 23.4 Å². The van der Waals surface area contributed by atoms with Gasteiger partial charge in [-0.1, -0.05) is 0 Å². The number of rotatable bonds is 2. The fourth-order valence-electron chi connectivity index (χ4n) is 2.30. The zero-order chi connectivity index (χ0) is 14.0. The van der Waals surface area contributed by atoms with E-state index in [1.807, 2.05) is 0 Å². The van der Waals surface area contributed by atoms with E-state index in [4.69, 9.17) is 5.73 Å². The highest BCUT2D eigenvalue weighted by atomic mass is 35.5. The lowest BCUT2D eigenvalue weighted by molar-refractivity contribution is 0.0677. The first-order valence-electron chi connectivity index (χ1n) is 6.16. The molecule has 1 aromatic carbocycles. The number of carbonyl (C=O) groups is 1. The molecule has 1 heterocycles. The quantitative estimate of drug-likeness (QED) is 0.852. The Morgan fingerprint density at radius 2 is 1.90 bits per heavy atom. The summed E-state index contributed by atoms with van der Waals surface area (Å²) in [7, 11) is 0. The van der Waals surface area contributed by atoms with E-state index in [1.165, 1.54) is 4.90 Å². The highest BCUT2D eigenvalue weighted by molar-refractivity contribution is 5.94. The van der Waals surface area contributed by atoms with Gasteiger partial charge in [-0.3, -0.25) is 4.79 Å². The molecule has 1 aliphatic rings. The van der Waals surface area contributed by atoms with Crippen LogP contribution in [0.15, 0.2) is 12.1 Å². The number of benzene rings is 1. The SMILES string of the molecule is Cl.NCC1CCCN(C(=O)c2cc(F)c(F)c(F)c2)C1. The Balaban J connectivity index is 0.00000200. The van der Waals surface area contributed by atoms with Gasteiger partial charge in [0, 0.05) is 18.7 Å². The second-order valence-corrected chi connectivity index (χ2v) is 4.75. The fourth-order valence-corrected chi connectivity index (χ4v) is 2.30. The summed E-state index contributed by atoms with van der Waals surface area (Å²) in [5.41, 5.74) is 5.39. The lowest BCUT2D eigenvalue weighted by Crippen LogP contribution is -2.42. The van der Waals surface area contributed by atoms with Gasteiger partial charge in [0.1, 0.15) is 0 Å². The zero-order valence-electron chi connectivity index (χ0n) is 10.7. The van der Waals surface area contributed by atoms with Crippen LogP contribution in [0.5, 0.6) is 0 Å². The van der Waals surface area contributed by atoms with Crippen molar-refractivity contribution in [3.63, 3.8) is 0 Å². The minimum absolute atomic E-state index is 0. The van der Waals surface area contributed by atoms with Gasteiger partial charge in [-0.05, 0) is 37.4 Å². The smallest absolute Gasteiger partial charge is 0.254 e. The van der Waals surface area contributed by atoms with E-state index in [0.29, 0.717) is 19.6 Å². The van der Waals surface area contributed by atoms with Gasteiger partial charge in [0.15, 0.2) is 17.5 Å². The number of nitrogens with two attached hydrogens (primary N) is 1. The van der Waals surface area contributed by atoms with Crippen molar-refractivity contribution >= 4 is 18.3 Å². The van der Waals surface area contributed by atoms with Crippen LogP contribution in [-0.4, -0.2) is 30.4 Å². The molecular weight excluding hydrogens is 293 g/mol. The number of hydrogen-bond acceptors (Lipinski definition) is 2. The summed E-state index contributed by atoms with van der Waals surface area (Å²) in [6, 6.07) is 1.46. The summed E-state index contributed by atoms with van der Waals surface area (Å²) in [5, 5.41) is 0. The summed E-state index contributed by atoms with van der Waals surface area (Å²) in [6.07, 6.45) is 1.74. The standard InChI is InChI=1S/C13H15F3N2O.ClH/c14-10-4-9(5-11(15)12(10)16)13(19)18-3-1-2-8(6-17)7-18;/h4-5,8H,1-3,6-7,17H2;1H. The Bertz CT molecular complexity index is 475. The molecule has 112 valence electrons. The molecule has 2 N–H and O–H groups in total. The lowest BCUT2D eigenvalue weighted by atomic mass is 9.97. The molecule has 20 heavy (non-hydrogen) atoms. The Kier molecular flexibility index (Phi) is 5.83. The number of halogens is 4. The molecule has 1 amide bonds. The van der Waals surface area contributed by atoms with Gasteiger partial charge in [-0.25, -0.2) is 13.2 Å². The Labute approximate surface area is 121 Å². The predicted octanol–water partition coefficient (Wildman–Crippen LogP) is 2.34. The third kappa shape index (κ3) is 3.43. The maximum absolute atomic E-state index is 13.1. The molecule has 0 aliphatic carbocycles. The van der Waals surface area contributed by atoms with Crippen molar-refractivity contribution in [2.75, 3.05) is 19.6 Å². The molecule has 1 fully saturated rings. The summed E-state index contributed by atoms with van der Waals surface area (Å²) in [4.78, 5) is 13.6. The molecule has 0 radical (unpaired) electrons. The third-order valence-electron chi connectivity index (χ3n) is 3.37. The normalized spacial score (nSPS) is 18.6. The zero-order valence-corrected chi connectivity index (χ0v) is 11.6. The topological polar surface area (TPSA) is 46.3 Å². The van der Waals surface area contributed by atoms with Gasteiger partial charge in [0.05, 0.1) is 0 Å². The molecule has 0 aromatic heterocycles. The van der Waals surface area contributed by atoms with Crippen molar-refractivity contribution in [2.45, 2.75) is 12.8 Å². The van der Waals surface area contributed by atoms with Gasteiger partial charge in [-0.15, -0.1) is 12.4 Å². The number of piperidine rings is 1. The molecular formula is C13H16ClF3N2O. The summed E-state index contributed by atoms with van der Waals surface area (Å²) < 4.78 is 39.1. The van der Waals surface area contributed by atoms with Gasteiger partial charge < -0.3 is 10.6 Å². The van der Waals surface area contributed by atoms with E-state index in [1.54, 1.807) is 0 Å². The van der Waals surface area contributed by atoms with Crippen LogP contribution < -0.4 is 5.73 Å². The van der Waals surface area contributed by atoms with E-state index in [-0.39, 0.29) is 23.9 Å². The number of carbonyl (C=O) groups excluding carboxylic acids is 1. The molecule has 0 spiro atoms. The van der Waals surface area contributed by atoms with Crippen molar-refractivity contribution < 1.29 is 18.0 Å². The summed E-state index contributed by atoms with van der Waals surface area (Å²) in [5.74, 6) is -4.55. The maximum atomic E-state index is 13.1. The average Bonchev–Trinajstić information content (AvgIpc) is 2.43. The van der Waals surface area contributed by atoms with E-state index >= 15 is 0 Å². The Morgan fingerprint density at radius 1 is 1.30 bits per heavy atom. The largest absolute Gasteiger partial charge is 0.338 e. The van der Waals surface area contributed by atoms with Crippen molar-refractivity contribution in [2.24, 2.45) is 11.7 Å². The first-order valence-corrected chi connectivity index (χ1v) is 6.16. The first kappa shape index (κ1) is 16.8. The van der Waals surface area contributed by atoms with Crippen molar-refractivity contribution in [1.29, 1.82) is 0 Å². The van der Waals surface area contributed by atoms with E-state index in [9.17, 15) is 18.0 Å². The molecule has 1 saturated heterocycles. The second kappa shape index (κ2) is 6.95.